The molecule has 0 amide bonds. The molecule has 2 nitrogen and oxygen atoms in total. The molecule has 1 saturated heterocycles. The van der Waals surface area contributed by atoms with Crippen LogP contribution in [0.4, 0.5) is 0 Å². The van der Waals surface area contributed by atoms with Crippen LogP contribution in [0.25, 0.3) is 0 Å². The van der Waals surface area contributed by atoms with Crippen LogP contribution in [-0.2, 0) is 4.74 Å². The molecule has 0 aliphatic carbocycles. The van der Waals surface area contributed by atoms with Gasteiger partial charge in [-0.15, -0.1) is 0 Å². The largest absolute Gasteiger partial charge is 0.372 e. The minimum absolute atomic E-state index is 0.116. The molecule has 0 aromatic carbocycles. The van der Waals surface area contributed by atoms with Crippen molar-refractivity contribution in [2.45, 2.75) is 72.0 Å². The van der Waals surface area contributed by atoms with Crippen molar-refractivity contribution < 1.29 is 4.74 Å². The summed E-state index contributed by atoms with van der Waals surface area (Å²) < 4.78 is 6.11. The summed E-state index contributed by atoms with van der Waals surface area (Å²) in [6.45, 7) is 13.5. The van der Waals surface area contributed by atoms with Crippen molar-refractivity contribution in [1.29, 1.82) is 0 Å². The van der Waals surface area contributed by atoms with Crippen LogP contribution in [0.1, 0.15) is 60.3 Å². The maximum absolute atomic E-state index is 6.11. The lowest BCUT2D eigenvalue weighted by atomic mass is 9.91. The number of rotatable bonds is 7. The Balaban J connectivity index is 2.37. The third-order valence-corrected chi connectivity index (χ3v) is 3.64. The Morgan fingerprint density at radius 3 is 2.53 bits per heavy atom. The molecule has 2 heteroatoms. The zero-order chi connectivity index (χ0) is 12.9. The van der Waals surface area contributed by atoms with Crippen LogP contribution in [0.15, 0.2) is 0 Å². The molecule has 17 heavy (non-hydrogen) atoms. The van der Waals surface area contributed by atoms with Crippen molar-refractivity contribution in [2.24, 2.45) is 11.8 Å². The van der Waals surface area contributed by atoms with Gasteiger partial charge in [0.1, 0.15) is 0 Å². The number of hydrogen-bond acceptors (Lipinski definition) is 2. The molecule has 2 unspecified atom stereocenters. The van der Waals surface area contributed by atoms with E-state index in [0.717, 1.165) is 24.9 Å². The van der Waals surface area contributed by atoms with E-state index in [-0.39, 0.29) is 5.60 Å². The van der Waals surface area contributed by atoms with Gasteiger partial charge in [-0.3, -0.25) is 0 Å². The second-order valence-electron chi connectivity index (χ2n) is 6.58. The van der Waals surface area contributed by atoms with Crippen LogP contribution in [0.3, 0.4) is 0 Å². The smallest absolute Gasteiger partial charge is 0.0631 e. The fourth-order valence-electron chi connectivity index (χ4n) is 2.89. The highest BCUT2D eigenvalue weighted by Crippen LogP contribution is 2.33. The lowest BCUT2D eigenvalue weighted by molar-refractivity contribution is -0.0254. The van der Waals surface area contributed by atoms with Crippen molar-refractivity contribution in [2.75, 3.05) is 13.1 Å². The lowest BCUT2D eigenvalue weighted by Crippen LogP contribution is -2.28. The molecule has 0 aromatic heterocycles. The maximum Gasteiger partial charge on any atom is 0.0631 e. The molecule has 0 saturated carbocycles. The highest BCUT2D eigenvalue weighted by molar-refractivity contribution is 4.82. The van der Waals surface area contributed by atoms with Gasteiger partial charge in [0, 0.05) is 0 Å². The minimum Gasteiger partial charge on any atom is -0.372 e. The molecule has 0 spiro atoms. The zero-order valence-corrected chi connectivity index (χ0v) is 12.4. The first-order valence-electron chi connectivity index (χ1n) is 7.31. The summed E-state index contributed by atoms with van der Waals surface area (Å²) in [5.74, 6) is 1.56. The fourth-order valence-corrected chi connectivity index (χ4v) is 2.89. The standard InChI is InChI=1S/C15H31NO/c1-6-16-11-13(9-12(2)3)10-14-7-8-15(4,5)17-14/h12-14,16H,6-11H2,1-5H3. The zero-order valence-electron chi connectivity index (χ0n) is 12.4. The van der Waals surface area contributed by atoms with Gasteiger partial charge in [-0.2, -0.15) is 0 Å². The van der Waals surface area contributed by atoms with E-state index in [1.165, 1.54) is 25.7 Å². The summed E-state index contributed by atoms with van der Waals surface area (Å²) in [6.07, 6.45) is 5.50. The van der Waals surface area contributed by atoms with Crippen LogP contribution >= 0.6 is 0 Å². The summed E-state index contributed by atoms with van der Waals surface area (Å²) >= 11 is 0. The molecule has 1 fully saturated rings. The van der Waals surface area contributed by atoms with Gasteiger partial charge in [0.05, 0.1) is 11.7 Å². The molecule has 2 atom stereocenters. The predicted molar refractivity (Wildman–Crippen MR) is 74.3 cm³/mol. The molecule has 102 valence electrons. The van der Waals surface area contributed by atoms with Crippen molar-refractivity contribution >= 4 is 0 Å². The van der Waals surface area contributed by atoms with Gasteiger partial charge in [-0.1, -0.05) is 20.8 Å². The summed E-state index contributed by atoms with van der Waals surface area (Å²) in [6, 6.07) is 0. The van der Waals surface area contributed by atoms with Crippen LogP contribution in [0, 0.1) is 11.8 Å². The topological polar surface area (TPSA) is 21.3 Å². The Morgan fingerprint density at radius 1 is 1.35 bits per heavy atom. The molecular formula is C15H31NO. The molecule has 0 bridgehead atoms. The van der Waals surface area contributed by atoms with Crippen LogP contribution in [0.5, 0.6) is 0 Å². The number of hydrogen-bond donors (Lipinski definition) is 1. The van der Waals surface area contributed by atoms with Crippen molar-refractivity contribution in [3.05, 3.63) is 0 Å². The maximum atomic E-state index is 6.11. The Kier molecular flexibility index (Phi) is 5.94. The van der Waals surface area contributed by atoms with Gasteiger partial charge in [0.2, 0.25) is 0 Å². The highest BCUT2D eigenvalue weighted by atomic mass is 16.5. The average molecular weight is 241 g/mol. The van der Waals surface area contributed by atoms with Gasteiger partial charge in [-0.05, 0) is 64.5 Å². The SMILES string of the molecule is CCNCC(CC(C)C)CC1CCC(C)(C)O1. The lowest BCUT2D eigenvalue weighted by Gasteiger charge is -2.24. The molecule has 1 aliphatic rings. The molecule has 1 aliphatic heterocycles. The van der Waals surface area contributed by atoms with E-state index in [9.17, 15) is 0 Å². The van der Waals surface area contributed by atoms with Crippen molar-refractivity contribution in [1.82, 2.24) is 5.32 Å². The third kappa shape index (κ3) is 5.87. The van der Waals surface area contributed by atoms with Crippen molar-refractivity contribution in [3.8, 4) is 0 Å². The van der Waals surface area contributed by atoms with E-state index in [2.05, 4.69) is 39.9 Å². The molecule has 0 radical (unpaired) electrons. The second kappa shape index (κ2) is 6.75. The molecule has 1 heterocycles. The third-order valence-electron chi connectivity index (χ3n) is 3.64. The molecule has 1 N–H and O–H groups in total. The Bertz CT molecular complexity index is 213. The second-order valence-corrected chi connectivity index (χ2v) is 6.58. The normalized spacial score (nSPS) is 25.4. The van der Waals surface area contributed by atoms with Gasteiger partial charge in [-0.25, -0.2) is 0 Å². The number of nitrogens with one attached hydrogen (secondary N) is 1. The first kappa shape index (κ1) is 15.0. The van der Waals surface area contributed by atoms with Gasteiger partial charge in [0.15, 0.2) is 0 Å². The van der Waals surface area contributed by atoms with Gasteiger partial charge < -0.3 is 10.1 Å². The first-order valence-corrected chi connectivity index (χ1v) is 7.31. The average Bonchev–Trinajstić information content (AvgIpc) is 2.53. The quantitative estimate of drug-likeness (QED) is 0.735. The number of ether oxygens (including phenoxy) is 1. The Hall–Kier alpha value is -0.0800. The van der Waals surface area contributed by atoms with E-state index in [0.29, 0.717) is 6.10 Å². The van der Waals surface area contributed by atoms with E-state index in [4.69, 9.17) is 4.74 Å². The summed E-state index contributed by atoms with van der Waals surface area (Å²) in [5.41, 5.74) is 0.116. The first-order chi connectivity index (χ1) is 7.93. The summed E-state index contributed by atoms with van der Waals surface area (Å²) in [4.78, 5) is 0. The molecule has 0 aromatic rings. The van der Waals surface area contributed by atoms with E-state index < -0.39 is 0 Å². The van der Waals surface area contributed by atoms with E-state index in [1.807, 2.05) is 0 Å². The van der Waals surface area contributed by atoms with Crippen LogP contribution < -0.4 is 5.32 Å². The van der Waals surface area contributed by atoms with Gasteiger partial charge >= 0.3 is 0 Å². The van der Waals surface area contributed by atoms with Crippen LogP contribution in [-0.4, -0.2) is 24.8 Å². The predicted octanol–water partition coefficient (Wildman–Crippen LogP) is 3.61. The monoisotopic (exact) mass is 241 g/mol. The summed E-state index contributed by atoms with van der Waals surface area (Å²) in [7, 11) is 0. The molecule has 1 rings (SSSR count). The van der Waals surface area contributed by atoms with Crippen LogP contribution in [0.2, 0.25) is 0 Å². The highest BCUT2D eigenvalue weighted by Gasteiger charge is 2.32. The van der Waals surface area contributed by atoms with Crippen molar-refractivity contribution in [3.63, 3.8) is 0 Å². The van der Waals surface area contributed by atoms with E-state index in [1.54, 1.807) is 0 Å². The Morgan fingerprint density at radius 2 is 2.06 bits per heavy atom. The molecular weight excluding hydrogens is 210 g/mol. The minimum atomic E-state index is 0.116. The van der Waals surface area contributed by atoms with E-state index >= 15 is 0 Å². The fraction of sp³-hybridized carbons (Fsp3) is 1.00. The summed E-state index contributed by atoms with van der Waals surface area (Å²) in [5, 5.41) is 3.49. The Labute approximate surface area is 108 Å². The van der Waals surface area contributed by atoms with Gasteiger partial charge in [0.25, 0.3) is 0 Å².